The van der Waals surface area contributed by atoms with Gasteiger partial charge in [0.05, 0.1) is 17.6 Å². The Bertz CT molecular complexity index is 777. The van der Waals surface area contributed by atoms with Crippen LogP contribution in [0.4, 0.5) is 11.6 Å². The van der Waals surface area contributed by atoms with Crippen molar-refractivity contribution in [3.63, 3.8) is 0 Å². The summed E-state index contributed by atoms with van der Waals surface area (Å²) in [6, 6.07) is 13.9. The molecule has 0 saturated carbocycles. The highest BCUT2D eigenvalue weighted by molar-refractivity contribution is 5.79. The van der Waals surface area contributed by atoms with E-state index >= 15 is 0 Å². The van der Waals surface area contributed by atoms with Crippen LogP contribution in [0.15, 0.2) is 42.5 Å². The highest BCUT2D eigenvalue weighted by atomic mass is 16.2. The fraction of sp³-hybridized carbons (Fsp3) is 0.235. The molecule has 5 nitrogen and oxygen atoms in total. The van der Waals surface area contributed by atoms with Gasteiger partial charge in [-0.05, 0) is 48.2 Å². The number of benzene rings is 2. The Morgan fingerprint density at radius 2 is 1.73 bits per heavy atom. The summed E-state index contributed by atoms with van der Waals surface area (Å²) in [7, 11) is 0. The molecule has 0 amide bonds. The number of nitrogens with two attached hydrogens (primary N) is 2. The number of hydrogen-bond acceptors (Lipinski definition) is 4. The van der Waals surface area contributed by atoms with Crippen molar-refractivity contribution < 1.29 is 5.11 Å². The van der Waals surface area contributed by atoms with Crippen LogP contribution in [0.1, 0.15) is 17.5 Å². The number of rotatable bonds is 5. The maximum atomic E-state index is 8.92. The normalized spacial score (nSPS) is 11.1. The van der Waals surface area contributed by atoms with Crippen molar-refractivity contribution in [1.82, 2.24) is 9.55 Å². The van der Waals surface area contributed by atoms with Crippen LogP contribution < -0.4 is 11.5 Å². The third-order valence-electron chi connectivity index (χ3n) is 3.79. The van der Waals surface area contributed by atoms with Gasteiger partial charge in [0.25, 0.3) is 0 Å². The molecule has 2 aromatic carbocycles. The zero-order valence-corrected chi connectivity index (χ0v) is 12.4. The number of fused-ring (bicyclic) bond motifs is 1. The minimum Gasteiger partial charge on any atom is -0.399 e. The van der Waals surface area contributed by atoms with E-state index in [9.17, 15) is 0 Å². The Morgan fingerprint density at radius 1 is 1.00 bits per heavy atom. The van der Waals surface area contributed by atoms with Gasteiger partial charge in [-0.3, -0.25) is 0 Å². The number of anilines is 2. The molecule has 5 N–H and O–H groups in total. The van der Waals surface area contributed by atoms with Crippen LogP contribution in [0.3, 0.4) is 0 Å². The van der Waals surface area contributed by atoms with E-state index in [-0.39, 0.29) is 6.61 Å². The summed E-state index contributed by atoms with van der Waals surface area (Å²) in [5.41, 5.74) is 16.7. The molecule has 1 heterocycles. The lowest BCUT2D eigenvalue weighted by Gasteiger charge is -2.07. The molecule has 1 aromatic heterocycles. The number of nitrogens with zero attached hydrogens (tertiary/aromatic N) is 2. The van der Waals surface area contributed by atoms with E-state index in [0.29, 0.717) is 12.5 Å². The Kier molecular flexibility index (Phi) is 3.98. The Labute approximate surface area is 129 Å². The smallest absolute Gasteiger partial charge is 0.201 e. The minimum absolute atomic E-state index is 0.200. The van der Waals surface area contributed by atoms with E-state index in [1.807, 2.05) is 41.0 Å². The van der Waals surface area contributed by atoms with E-state index in [1.54, 1.807) is 0 Å². The van der Waals surface area contributed by atoms with Crippen LogP contribution >= 0.6 is 0 Å². The average molecular weight is 296 g/mol. The van der Waals surface area contributed by atoms with Gasteiger partial charge < -0.3 is 21.1 Å². The topological polar surface area (TPSA) is 90.1 Å². The van der Waals surface area contributed by atoms with Crippen LogP contribution in [0, 0.1) is 0 Å². The Balaban J connectivity index is 1.92. The molecule has 5 heteroatoms. The molecule has 22 heavy (non-hydrogen) atoms. The number of aliphatic hydroxyl groups is 1. The summed E-state index contributed by atoms with van der Waals surface area (Å²) in [6.07, 6.45) is 1.60. The summed E-state index contributed by atoms with van der Waals surface area (Å²) in [5, 5.41) is 8.92. The summed E-state index contributed by atoms with van der Waals surface area (Å²) in [6.45, 7) is 0.865. The van der Waals surface area contributed by atoms with Crippen molar-refractivity contribution >= 4 is 22.7 Å². The molecule has 0 bridgehead atoms. The number of imidazole rings is 1. The predicted octanol–water partition coefficient (Wildman–Crippen LogP) is 2.17. The third kappa shape index (κ3) is 2.89. The van der Waals surface area contributed by atoms with Gasteiger partial charge in [-0.25, -0.2) is 4.98 Å². The highest BCUT2D eigenvalue weighted by Gasteiger charge is 2.09. The molecule has 0 spiro atoms. The number of hydrogen-bond donors (Lipinski definition) is 3. The second kappa shape index (κ2) is 6.07. The second-order valence-corrected chi connectivity index (χ2v) is 5.45. The van der Waals surface area contributed by atoms with Crippen molar-refractivity contribution in [1.29, 1.82) is 0 Å². The molecule has 3 aromatic rings. The van der Waals surface area contributed by atoms with E-state index in [2.05, 4.69) is 11.1 Å². The van der Waals surface area contributed by atoms with Gasteiger partial charge in [-0.15, -0.1) is 0 Å². The molecule has 3 rings (SSSR count). The molecule has 0 aliphatic rings. The van der Waals surface area contributed by atoms with Crippen molar-refractivity contribution in [2.24, 2.45) is 0 Å². The summed E-state index contributed by atoms with van der Waals surface area (Å²) in [5.74, 6) is 0.506. The maximum Gasteiger partial charge on any atom is 0.201 e. The molecule has 114 valence electrons. The average Bonchev–Trinajstić information content (AvgIpc) is 2.82. The SMILES string of the molecule is Nc1ccc(Cn2c(N)nc3cc(CCCO)ccc32)cc1. The Morgan fingerprint density at radius 3 is 2.45 bits per heavy atom. The molecule has 0 atom stereocenters. The lowest BCUT2D eigenvalue weighted by molar-refractivity contribution is 0.288. The van der Waals surface area contributed by atoms with Gasteiger partial charge in [0.1, 0.15) is 0 Å². The molecule has 0 unspecified atom stereocenters. The molecule has 0 saturated heterocycles. The van der Waals surface area contributed by atoms with E-state index in [1.165, 1.54) is 5.56 Å². The number of aryl methyl sites for hydroxylation is 1. The van der Waals surface area contributed by atoms with Crippen LogP contribution in [0.25, 0.3) is 11.0 Å². The quantitative estimate of drug-likeness (QED) is 0.629. The monoisotopic (exact) mass is 296 g/mol. The number of aliphatic hydroxyl groups excluding tert-OH is 1. The van der Waals surface area contributed by atoms with Gasteiger partial charge in [0.2, 0.25) is 5.95 Å². The van der Waals surface area contributed by atoms with Crippen LogP contribution in [0.5, 0.6) is 0 Å². The predicted molar refractivity (Wildman–Crippen MR) is 89.5 cm³/mol. The van der Waals surface area contributed by atoms with Crippen LogP contribution in [-0.2, 0) is 13.0 Å². The standard InChI is InChI=1S/C17H20N4O/c18-14-6-3-13(4-7-14)11-21-16-8-5-12(2-1-9-22)10-15(16)20-17(21)19/h3-8,10,22H,1-2,9,11,18H2,(H2,19,20). The molecule has 0 aliphatic carbocycles. The van der Waals surface area contributed by atoms with Crippen LogP contribution in [-0.4, -0.2) is 21.3 Å². The Hall–Kier alpha value is -2.53. The zero-order chi connectivity index (χ0) is 15.5. The van der Waals surface area contributed by atoms with E-state index in [0.717, 1.165) is 35.1 Å². The summed E-state index contributed by atoms with van der Waals surface area (Å²) in [4.78, 5) is 4.45. The number of nitrogen functional groups attached to an aromatic ring is 2. The van der Waals surface area contributed by atoms with Gasteiger partial charge in [0, 0.05) is 12.3 Å². The molecular weight excluding hydrogens is 276 g/mol. The van der Waals surface area contributed by atoms with Gasteiger partial charge in [-0.2, -0.15) is 0 Å². The first-order chi connectivity index (χ1) is 10.7. The highest BCUT2D eigenvalue weighted by Crippen LogP contribution is 2.21. The van der Waals surface area contributed by atoms with E-state index < -0.39 is 0 Å². The third-order valence-corrected chi connectivity index (χ3v) is 3.79. The van der Waals surface area contributed by atoms with Crippen molar-refractivity contribution in [2.75, 3.05) is 18.1 Å². The summed E-state index contributed by atoms with van der Waals surface area (Å²) < 4.78 is 2.00. The molecule has 0 radical (unpaired) electrons. The van der Waals surface area contributed by atoms with Gasteiger partial charge in [-0.1, -0.05) is 18.2 Å². The zero-order valence-electron chi connectivity index (χ0n) is 12.4. The summed E-state index contributed by atoms with van der Waals surface area (Å²) >= 11 is 0. The van der Waals surface area contributed by atoms with Crippen LogP contribution in [0.2, 0.25) is 0 Å². The van der Waals surface area contributed by atoms with Crippen molar-refractivity contribution in [3.8, 4) is 0 Å². The first kappa shape index (κ1) is 14.4. The van der Waals surface area contributed by atoms with Crippen molar-refractivity contribution in [3.05, 3.63) is 53.6 Å². The maximum absolute atomic E-state index is 8.92. The fourth-order valence-electron chi connectivity index (χ4n) is 2.60. The fourth-order valence-corrected chi connectivity index (χ4v) is 2.60. The second-order valence-electron chi connectivity index (χ2n) is 5.45. The van der Waals surface area contributed by atoms with Gasteiger partial charge >= 0.3 is 0 Å². The number of aromatic nitrogens is 2. The lowest BCUT2D eigenvalue weighted by Crippen LogP contribution is -2.04. The van der Waals surface area contributed by atoms with E-state index in [4.69, 9.17) is 16.6 Å². The van der Waals surface area contributed by atoms with Gasteiger partial charge in [0.15, 0.2) is 0 Å². The lowest BCUT2D eigenvalue weighted by atomic mass is 10.1. The molecule has 0 aliphatic heterocycles. The first-order valence-electron chi connectivity index (χ1n) is 7.37. The minimum atomic E-state index is 0.200. The van der Waals surface area contributed by atoms with Crippen molar-refractivity contribution in [2.45, 2.75) is 19.4 Å². The largest absolute Gasteiger partial charge is 0.399 e. The molecular formula is C17H20N4O. The molecule has 0 fully saturated rings. The first-order valence-corrected chi connectivity index (χ1v) is 7.37.